The molecule has 4 aliphatic rings. The summed E-state index contributed by atoms with van der Waals surface area (Å²) in [5.41, 5.74) is -0.127. The van der Waals surface area contributed by atoms with Crippen LogP contribution in [-0.2, 0) is 9.53 Å². The summed E-state index contributed by atoms with van der Waals surface area (Å²) in [5.74, 6) is 2.34. The van der Waals surface area contributed by atoms with Gasteiger partial charge in [0.25, 0.3) is 0 Å². The Morgan fingerprint density at radius 2 is 1.61 bits per heavy atom. The minimum Gasteiger partial charge on any atom is -0.458 e. The zero-order valence-electron chi connectivity index (χ0n) is 11.4. The standard InChI is InChI=1S/C15H23ClO2/c1-14(2,18-13(17)9-16)15-6-10-3-11(7-15)5-12(4-10)8-15/h10-12H,3-9H2,1-2H3. The highest BCUT2D eigenvalue weighted by Crippen LogP contribution is 2.64. The molecule has 18 heavy (non-hydrogen) atoms. The summed E-state index contributed by atoms with van der Waals surface area (Å²) in [6, 6.07) is 0. The molecule has 0 N–H and O–H groups in total. The molecular formula is C15H23ClO2. The van der Waals surface area contributed by atoms with E-state index >= 15 is 0 Å². The van der Waals surface area contributed by atoms with Crippen molar-refractivity contribution >= 4 is 17.6 Å². The Morgan fingerprint density at radius 3 is 2.00 bits per heavy atom. The molecule has 0 heterocycles. The summed E-state index contributed by atoms with van der Waals surface area (Å²) < 4.78 is 5.70. The molecule has 4 fully saturated rings. The summed E-state index contributed by atoms with van der Waals surface area (Å²) in [6.45, 7) is 4.20. The van der Waals surface area contributed by atoms with Gasteiger partial charge in [0.05, 0.1) is 0 Å². The molecule has 0 aromatic heterocycles. The van der Waals surface area contributed by atoms with Gasteiger partial charge in [-0.2, -0.15) is 0 Å². The van der Waals surface area contributed by atoms with Crippen LogP contribution in [0.2, 0.25) is 0 Å². The fourth-order valence-corrected chi connectivity index (χ4v) is 5.32. The van der Waals surface area contributed by atoms with Crippen LogP contribution in [0.15, 0.2) is 0 Å². The number of rotatable bonds is 3. The molecule has 3 heteroatoms. The first kappa shape index (κ1) is 12.8. The number of esters is 1. The first-order chi connectivity index (χ1) is 8.44. The third-order valence-corrected chi connectivity index (χ3v) is 6.01. The molecule has 0 amide bonds. The summed E-state index contributed by atoms with van der Waals surface area (Å²) >= 11 is 5.59. The van der Waals surface area contributed by atoms with Crippen LogP contribution in [0, 0.1) is 23.2 Å². The topological polar surface area (TPSA) is 26.3 Å². The molecule has 2 nitrogen and oxygen atoms in total. The summed E-state index contributed by atoms with van der Waals surface area (Å²) in [6.07, 6.45) is 8.00. The molecule has 0 atom stereocenters. The number of ether oxygens (including phenoxy) is 1. The molecular weight excluding hydrogens is 248 g/mol. The van der Waals surface area contributed by atoms with Crippen molar-refractivity contribution in [3.05, 3.63) is 0 Å². The molecule has 0 radical (unpaired) electrons. The zero-order chi connectivity index (χ0) is 13.0. The van der Waals surface area contributed by atoms with Crippen LogP contribution < -0.4 is 0 Å². The van der Waals surface area contributed by atoms with Gasteiger partial charge in [-0.05, 0) is 70.1 Å². The second kappa shape index (κ2) is 4.13. The summed E-state index contributed by atoms with van der Waals surface area (Å²) in [4.78, 5) is 11.6. The van der Waals surface area contributed by atoms with Crippen molar-refractivity contribution in [1.82, 2.24) is 0 Å². The molecule has 0 spiro atoms. The molecule has 0 aliphatic heterocycles. The smallest absolute Gasteiger partial charge is 0.321 e. The molecule has 0 aromatic carbocycles. The maximum atomic E-state index is 11.6. The van der Waals surface area contributed by atoms with Crippen LogP contribution in [0.25, 0.3) is 0 Å². The molecule has 4 aliphatic carbocycles. The largest absolute Gasteiger partial charge is 0.458 e. The van der Waals surface area contributed by atoms with E-state index in [1.807, 2.05) is 0 Å². The Hall–Kier alpha value is -0.240. The summed E-state index contributed by atoms with van der Waals surface area (Å²) in [5, 5.41) is 0. The van der Waals surface area contributed by atoms with Crippen LogP contribution in [0.4, 0.5) is 0 Å². The number of alkyl halides is 1. The molecule has 4 rings (SSSR count). The third-order valence-electron chi connectivity index (χ3n) is 5.79. The van der Waals surface area contributed by atoms with Gasteiger partial charge in [-0.1, -0.05) is 0 Å². The average molecular weight is 271 g/mol. The lowest BCUT2D eigenvalue weighted by Gasteiger charge is -2.61. The number of carbonyl (C=O) groups excluding carboxylic acids is 1. The summed E-state index contributed by atoms with van der Waals surface area (Å²) in [7, 11) is 0. The van der Waals surface area contributed by atoms with E-state index in [1.165, 1.54) is 38.5 Å². The lowest BCUT2D eigenvalue weighted by Crippen LogP contribution is -2.57. The van der Waals surface area contributed by atoms with Crippen LogP contribution in [0.5, 0.6) is 0 Å². The first-order valence-electron chi connectivity index (χ1n) is 7.22. The van der Waals surface area contributed by atoms with Gasteiger partial charge in [0.15, 0.2) is 0 Å². The SMILES string of the molecule is CC(C)(OC(=O)CCl)C12CC3CC(CC(C3)C1)C2. The van der Waals surface area contributed by atoms with Crippen LogP contribution in [0.3, 0.4) is 0 Å². The van der Waals surface area contributed by atoms with E-state index in [0.29, 0.717) is 0 Å². The van der Waals surface area contributed by atoms with Gasteiger partial charge in [0.1, 0.15) is 11.5 Å². The first-order valence-corrected chi connectivity index (χ1v) is 7.75. The number of hydrogen-bond acceptors (Lipinski definition) is 2. The maximum absolute atomic E-state index is 11.6. The van der Waals surface area contributed by atoms with Crippen molar-refractivity contribution < 1.29 is 9.53 Å². The van der Waals surface area contributed by atoms with Gasteiger partial charge in [-0.25, -0.2) is 0 Å². The van der Waals surface area contributed by atoms with Gasteiger partial charge in [-0.15, -0.1) is 11.6 Å². The molecule has 4 bridgehead atoms. The van der Waals surface area contributed by atoms with Crippen LogP contribution in [-0.4, -0.2) is 17.5 Å². The number of carbonyl (C=O) groups is 1. The van der Waals surface area contributed by atoms with E-state index < -0.39 is 0 Å². The Kier molecular flexibility index (Phi) is 2.93. The van der Waals surface area contributed by atoms with Crippen molar-refractivity contribution in [2.45, 2.75) is 58.0 Å². The highest BCUT2D eigenvalue weighted by molar-refractivity contribution is 6.26. The van der Waals surface area contributed by atoms with Crippen molar-refractivity contribution in [2.75, 3.05) is 5.88 Å². The van der Waals surface area contributed by atoms with E-state index in [9.17, 15) is 4.79 Å². The number of halogens is 1. The minimum atomic E-state index is -0.352. The second-order valence-corrected chi connectivity index (χ2v) is 7.58. The van der Waals surface area contributed by atoms with E-state index in [2.05, 4.69) is 13.8 Å². The maximum Gasteiger partial charge on any atom is 0.321 e. The monoisotopic (exact) mass is 270 g/mol. The van der Waals surface area contributed by atoms with Crippen molar-refractivity contribution in [3.63, 3.8) is 0 Å². The van der Waals surface area contributed by atoms with Gasteiger partial charge >= 0.3 is 5.97 Å². The van der Waals surface area contributed by atoms with Crippen LogP contribution >= 0.6 is 11.6 Å². The van der Waals surface area contributed by atoms with Gasteiger partial charge in [-0.3, -0.25) is 4.79 Å². The normalized spacial score (nSPS) is 42.1. The van der Waals surface area contributed by atoms with E-state index in [-0.39, 0.29) is 22.9 Å². The molecule has 0 unspecified atom stereocenters. The highest BCUT2D eigenvalue weighted by Gasteiger charge is 2.58. The quantitative estimate of drug-likeness (QED) is 0.576. The third kappa shape index (κ3) is 1.88. The highest BCUT2D eigenvalue weighted by atomic mass is 35.5. The predicted molar refractivity (Wildman–Crippen MR) is 71.5 cm³/mol. The fourth-order valence-electron chi connectivity index (χ4n) is 5.27. The van der Waals surface area contributed by atoms with Crippen molar-refractivity contribution in [1.29, 1.82) is 0 Å². The van der Waals surface area contributed by atoms with Gasteiger partial charge in [0, 0.05) is 5.41 Å². The molecule has 0 saturated heterocycles. The Balaban J connectivity index is 1.83. The van der Waals surface area contributed by atoms with Gasteiger partial charge < -0.3 is 4.74 Å². The van der Waals surface area contributed by atoms with Gasteiger partial charge in [0.2, 0.25) is 0 Å². The average Bonchev–Trinajstić information content (AvgIpc) is 2.26. The lowest BCUT2D eigenvalue weighted by atomic mass is 9.46. The Bertz CT molecular complexity index is 326. The molecule has 102 valence electrons. The minimum absolute atomic E-state index is 0.0319. The van der Waals surface area contributed by atoms with Crippen molar-refractivity contribution in [2.24, 2.45) is 23.2 Å². The van der Waals surface area contributed by atoms with Crippen LogP contribution in [0.1, 0.15) is 52.4 Å². The van der Waals surface area contributed by atoms with E-state index in [0.717, 1.165) is 17.8 Å². The Labute approximate surface area is 114 Å². The predicted octanol–water partition coefficient (Wildman–Crippen LogP) is 3.76. The Morgan fingerprint density at radius 1 is 1.17 bits per heavy atom. The fraction of sp³-hybridized carbons (Fsp3) is 0.933. The molecule has 0 aromatic rings. The second-order valence-electron chi connectivity index (χ2n) is 7.32. The lowest BCUT2D eigenvalue weighted by molar-refractivity contribution is -0.196. The zero-order valence-corrected chi connectivity index (χ0v) is 12.1. The van der Waals surface area contributed by atoms with E-state index in [1.54, 1.807) is 0 Å². The van der Waals surface area contributed by atoms with Crippen molar-refractivity contribution in [3.8, 4) is 0 Å². The molecule has 4 saturated carbocycles. The van der Waals surface area contributed by atoms with E-state index in [4.69, 9.17) is 16.3 Å². The number of hydrogen-bond donors (Lipinski definition) is 0.